The van der Waals surface area contributed by atoms with Crippen LogP contribution in [0.4, 0.5) is 0 Å². The smallest absolute Gasteiger partial charge is 0.306 e. The third kappa shape index (κ3) is 1.29. The topological polar surface area (TPSA) is 69.2 Å². The Morgan fingerprint density at radius 3 is 2.09 bits per heavy atom. The Morgan fingerprint density at radius 1 is 1.36 bits per heavy atom. The molecule has 1 aliphatic rings. The van der Waals surface area contributed by atoms with E-state index in [0.717, 1.165) is 0 Å². The summed E-state index contributed by atoms with van der Waals surface area (Å²) in [4.78, 5) is 21.7. The lowest BCUT2D eigenvalue weighted by Crippen LogP contribution is -2.24. The maximum absolute atomic E-state index is 10.9. The van der Waals surface area contributed by atoms with Crippen molar-refractivity contribution < 1.29 is 14.1 Å². The van der Waals surface area contributed by atoms with E-state index < -0.39 is 23.0 Å². The summed E-state index contributed by atoms with van der Waals surface area (Å²) in [5, 5.41) is 2.05. The summed E-state index contributed by atoms with van der Waals surface area (Å²) < 4.78 is 10.9. The molecule has 1 aliphatic heterocycles. The van der Waals surface area contributed by atoms with Crippen LogP contribution in [0.25, 0.3) is 0 Å². The Labute approximate surface area is 66.8 Å². The second kappa shape index (κ2) is 2.67. The molecule has 1 heterocycles. The molecule has 1 atom stereocenters. The van der Waals surface area contributed by atoms with Crippen molar-refractivity contribution in [3.8, 4) is 0 Å². The van der Waals surface area contributed by atoms with E-state index in [0.29, 0.717) is 0 Å². The number of carbonyl (C=O) groups is 2. The first kappa shape index (κ1) is 8.29. The number of carbonyl (C=O) groups excluding carboxylic acids is 2. The first-order valence-electron chi connectivity index (χ1n) is 2.94. The van der Waals surface area contributed by atoms with Crippen LogP contribution in [0, 0.1) is 0 Å². The molecule has 0 bridgehead atoms. The third-order valence-electron chi connectivity index (χ3n) is 1.40. The van der Waals surface area contributed by atoms with Crippen LogP contribution in [0.15, 0.2) is 10.5 Å². The highest BCUT2D eigenvalue weighted by Crippen LogP contribution is 2.16. The molecule has 5 heteroatoms. The zero-order valence-electron chi connectivity index (χ0n) is 6.13. The van der Waals surface area contributed by atoms with Crippen LogP contribution in [0.3, 0.4) is 0 Å². The zero-order chi connectivity index (χ0) is 8.59. The number of hydrogen-bond acceptors (Lipinski definition) is 3. The van der Waals surface area contributed by atoms with Crippen molar-refractivity contribution in [2.45, 2.75) is 6.92 Å². The van der Waals surface area contributed by atoms with Crippen molar-refractivity contribution in [3.63, 3.8) is 0 Å². The van der Waals surface area contributed by atoms with Crippen LogP contribution in [0.1, 0.15) is 6.92 Å². The number of hydrogen-bond donors (Lipinski definition) is 1. The summed E-state index contributed by atoms with van der Waals surface area (Å²) in [5.41, 5.74) is 0.260. The predicted octanol–water partition coefficient (Wildman–Crippen LogP) is -0.705. The van der Waals surface area contributed by atoms with Crippen molar-refractivity contribution >= 4 is 23.0 Å². The minimum atomic E-state index is -1.38. The Morgan fingerprint density at radius 2 is 1.91 bits per heavy atom. The lowest BCUT2D eigenvalue weighted by molar-refractivity contribution is -0.123. The SMILES string of the molecule is CC1=C([S+](C)[O-])C(=O)NC1=O. The van der Waals surface area contributed by atoms with Crippen LogP contribution in [0.2, 0.25) is 0 Å². The summed E-state index contributed by atoms with van der Waals surface area (Å²) in [7, 11) is 0. The fourth-order valence-electron chi connectivity index (χ4n) is 0.873. The zero-order valence-corrected chi connectivity index (χ0v) is 6.95. The van der Waals surface area contributed by atoms with Gasteiger partial charge in [0.25, 0.3) is 5.91 Å². The highest BCUT2D eigenvalue weighted by molar-refractivity contribution is 7.95. The van der Waals surface area contributed by atoms with Gasteiger partial charge in [0.2, 0.25) is 4.91 Å². The Hall–Kier alpha value is -0.810. The first-order chi connectivity index (χ1) is 5.04. The van der Waals surface area contributed by atoms with E-state index in [1.54, 1.807) is 0 Å². The lowest BCUT2D eigenvalue weighted by Gasteiger charge is -2.01. The molecule has 2 amide bonds. The molecule has 0 aromatic rings. The molecule has 1 unspecified atom stereocenters. The minimum absolute atomic E-state index is 0.0926. The van der Waals surface area contributed by atoms with Gasteiger partial charge in [-0.15, -0.1) is 0 Å². The molecule has 0 saturated heterocycles. The van der Waals surface area contributed by atoms with E-state index in [9.17, 15) is 14.1 Å². The number of amides is 2. The van der Waals surface area contributed by atoms with Crippen LogP contribution < -0.4 is 5.32 Å². The van der Waals surface area contributed by atoms with Gasteiger partial charge in [0.15, 0.2) is 0 Å². The molecule has 0 spiro atoms. The Bertz CT molecular complexity index is 257. The van der Waals surface area contributed by atoms with Gasteiger partial charge >= 0.3 is 5.91 Å². The van der Waals surface area contributed by atoms with Crippen LogP contribution in [0.5, 0.6) is 0 Å². The number of imide groups is 1. The van der Waals surface area contributed by atoms with Gasteiger partial charge in [-0.2, -0.15) is 0 Å². The van der Waals surface area contributed by atoms with Gasteiger partial charge in [-0.3, -0.25) is 14.9 Å². The molecule has 0 aromatic carbocycles. The van der Waals surface area contributed by atoms with Gasteiger partial charge < -0.3 is 4.55 Å². The average Bonchev–Trinajstić information content (AvgIpc) is 2.07. The molecule has 60 valence electrons. The van der Waals surface area contributed by atoms with E-state index in [2.05, 4.69) is 5.32 Å². The summed E-state index contributed by atoms with van der Waals surface area (Å²) in [6.45, 7) is 1.48. The Kier molecular flexibility index (Phi) is 2.01. The Balaban J connectivity index is 3.07. The van der Waals surface area contributed by atoms with Crippen molar-refractivity contribution in [2.24, 2.45) is 0 Å². The molecule has 0 aliphatic carbocycles. The van der Waals surface area contributed by atoms with Gasteiger partial charge in [-0.1, -0.05) is 0 Å². The van der Waals surface area contributed by atoms with E-state index in [1.807, 2.05) is 0 Å². The maximum Gasteiger partial charge on any atom is 0.306 e. The van der Waals surface area contributed by atoms with Crippen LogP contribution in [-0.4, -0.2) is 22.6 Å². The second-order valence-electron chi connectivity index (χ2n) is 2.19. The number of rotatable bonds is 1. The van der Waals surface area contributed by atoms with Gasteiger partial charge in [0.1, 0.15) is 6.26 Å². The predicted molar refractivity (Wildman–Crippen MR) is 39.9 cm³/mol. The standard InChI is InChI=1S/C6H7NO3S/c1-3-4(11(2)10)6(9)7-5(3)8/h1-2H3,(H,7,8,9). The molecular weight excluding hydrogens is 166 g/mol. The molecule has 0 saturated carbocycles. The molecule has 4 nitrogen and oxygen atoms in total. The monoisotopic (exact) mass is 173 g/mol. The average molecular weight is 173 g/mol. The fourth-order valence-corrected chi connectivity index (χ4v) is 1.71. The van der Waals surface area contributed by atoms with Crippen molar-refractivity contribution in [3.05, 3.63) is 10.5 Å². The van der Waals surface area contributed by atoms with Crippen LogP contribution in [-0.2, 0) is 20.8 Å². The molecule has 0 aromatic heterocycles. The normalized spacial score (nSPS) is 20.6. The van der Waals surface area contributed by atoms with E-state index in [-0.39, 0.29) is 10.5 Å². The van der Waals surface area contributed by atoms with Gasteiger partial charge in [0, 0.05) is 0 Å². The maximum atomic E-state index is 10.9. The van der Waals surface area contributed by atoms with Gasteiger partial charge in [-0.25, -0.2) is 0 Å². The molecular formula is C6H7NO3S. The molecule has 1 N–H and O–H groups in total. The summed E-state index contributed by atoms with van der Waals surface area (Å²) in [5.74, 6) is -0.978. The largest absolute Gasteiger partial charge is 0.611 e. The number of nitrogens with one attached hydrogen (secondary N) is 1. The molecule has 11 heavy (non-hydrogen) atoms. The lowest BCUT2D eigenvalue weighted by atomic mass is 10.3. The van der Waals surface area contributed by atoms with Crippen molar-refractivity contribution in [1.29, 1.82) is 0 Å². The van der Waals surface area contributed by atoms with Crippen molar-refractivity contribution in [1.82, 2.24) is 5.32 Å². The minimum Gasteiger partial charge on any atom is -0.611 e. The van der Waals surface area contributed by atoms with Crippen LogP contribution >= 0.6 is 0 Å². The highest BCUT2D eigenvalue weighted by Gasteiger charge is 2.34. The summed E-state index contributed by atoms with van der Waals surface area (Å²) in [6.07, 6.45) is 1.37. The molecule has 0 radical (unpaired) electrons. The first-order valence-corrected chi connectivity index (χ1v) is 4.50. The van der Waals surface area contributed by atoms with Gasteiger partial charge in [-0.05, 0) is 18.1 Å². The van der Waals surface area contributed by atoms with Gasteiger partial charge in [0.05, 0.1) is 5.57 Å². The van der Waals surface area contributed by atoms with E-state index in [1.165, 1.54) is 13.2 Å². The summed E-state index contributed by atoms with van der Waals surface area (Å²) >= 11 is -1.38. The quantitative estimate of drug-likeness (QED) is 0.421. The van der Waals surface area contributed by atoms with Crippen molar-refractivity contribution in [2.75, 3.05) is 6.26 Å². The molecule has 0 fully saturated rings. The molecule has 1 rings (SSSR count). The fraction of sp³-hybridized carbons (Fsp3) is 0.333. The third-order valence-corrected chi connectivity index (χ3v) is 2.47. The van der Waals surface area contributed by atoms with E-state index >= 15 is 0 Å². The second-order valence-corrected chi connectivity index (χ2v) is 3.51. The highest BCUT2D eigenvalue weighted by atomic mass is 32.2. The van der Waals surface area contributed by atoms with E-state index in [4.69, 9.17) is 0 Å². The summed E-state index contributed by atoms with van der Waals surface area (Å²) in [6, 6.07) is 0.